The molecule has 0 aliphatic rings. The van der Waals surface area contributed by atoms with Gasteiger partial charge < -0.3 is 9.97 Å². The van der Waals surface area contributed by atoms with Gasteiger partial charge in [0.25, 0.3) is 0 Å². The van der Waals surface area contributed by atoms with Gasteiger partial charge in [0.1, 0.15) is 12.1 Å². The molecule has 0 saturated heterocycles. The summed E-state index contributed by atoms with van der Waals surface area (Å²) in [5.41, 5.74) is 0.0618. The highest BCUT2D eigenvalue weighted by molar-refractivity contribution is 5.40. The van der Waals surface area contributed by atoms with Crippen LogP contribution < -0.4 is 0 Å². The maximum absolute atomic E-state index is 8.65. The zero-order valence-corrected chi connectivity index (χ0v) is 7.84. The quantitative estimate of drug-likeness (QED) is 0.726. The van der Waals surface area contributed by atoms with Gasteiger partial charge in [-0.15, -0.1) is 10.2 Å². The number of nitrogens with one attached hydrogen (secondary N) is 2. The van der Waals surface area contributed by atoms with Gasteiger partial charge in [0.05, 0.1) is 0 Å². The van der Waals surface area contributed by atoms with Gasteiger partial charge in [0.15, 0.2) is 11.4 Å². The van der Waals surface area contributed by atoms with E-state index in [9.17, 15) is 0 Å². The van der Waals surface area contributed by atoms with E-state index in [-0.39, 0.29) is 17.3 Å². The summed E-state index contributed by atoms with van der Waals surface area (Å²) in [4.78, 5) is 12.8. The van der Waals surface area contributed by atoms with E-state index in [0.29, 0.717) is 5.95 Å². The molecule has 2 rings (SSSR count). The number of nitrogens with zero attached hydrogens (tertiary/aromatic N) is 6. The number of imidazole rings is 2. The van der Waals surface area contributed by atoms with Gasteiger partial charge in [0.2, 0.25) is 11.9 Å². The van der Waals surface area contributed by atoms with Crippen LogP contribution in [-0.2, 0) is 0 Å². The van der Waals surface area contributed by atoms with Crippen molar-refractivity contribution in [3.8, 4) is 12.1 Å². The fourth-order valence-corrected chi connectivity index (χ4v) is 0.976. The zero-order chi connectivity index (χ0) is 11.4. The standard InChI is InChI=1S/C8H4N8/c9-3-5-6(4-10)14-8(13-5)16-15-7-11-1-2-12-7/h1-2H,(H,11,12)(H,13,14)/b16-15+. The molecule has 0 fully saturated rings. The molecule has 8 nitrogen and oxygen atoms in total. The van der Waals surface area contributed by atoms with Crippen molar-refractivity contribution in [2.24, 2.45) is 10.2 Å². The number of hydrogen-bond acceptors (Lipinski definition) is 6. The van der Waals surface area contributed by atoms with E-state index in [1.54, 1.807) is 18.3 Å². The summed E-state index contributed by atoms with van der Waals surface area (Å²) in [7, 11) is 0. The lowest BCUT2D eigenvalue weighted by molar-refractivity contribution is 1.07. The average Bonchev–Trinajstić information content (AvgIpc) is 2.95. The Balaban J connectivity index is 2.27. The van der Waals surface area contributed by atoms with Crippen LogP contribution in [0.4, 0.5) is 11.9 Å². The maximum atomic E-state index is 8.65. The van der Waals surface area contributed by atoms with Gasteiger partial charge in [-0.05, 0) is 0 Å². The molecule has 0 aromatic carbocycles. The van der Waals surface area contributed by atoms with E-state index < -0.39 is 0 Å². The smallest absolute Gasteiger partial charge is 0.249 e. The van der Waals surface area contributed by atoms with Crippen LogP contribution in [0.15, 0.2) is 22.6 Å². The highest BCUT2D eigenvalue weighted by Gasteiger charge is 2.08. The third kappa shape index (κ3) is 1.76. The molecule has 0 atom stereocenters. The van der Waals surface area contributed by atoms with Crippen molar-refractivity contribution in [2.75, 3.05) is 0 Å². The summed E-state index contributed by atoms with van der Waals surface area (Å²) in [5, 5.41) is 24.7. The minimum atomic E-state index is -0.00380. The Morgan fingerprint density at radius 3 is 2.56 bits per heavy atom. The molecule has 0 amide bonds. The Kier molecular flexibility index (Phi) is 2.40. The first-order valence-corrected chi connectivity index (χ1v) is 4.15. The molecule has 0 unspecified atom stereocenters. The van der Waals surface area contributed by atoms with Crippen molar-refractivity contribution in [3.05, 3.63) is 23.8 Å². The second-order valence-electron chi connectivity index (χ2n) is 2.62. The van der Waals surface area contributed by atoms with E-state index in [2.05, 4.69) is 30.2 Å². The van der Waals surface area contributed by atoms with Crippen LogP contribution in [0.3, 0.4) is 0 Å². The van der Waals surface area contributed by atoms with Crippen molar-refractivity contribution >= 4 is 11.9 Å². The largest absolute Gasteiger partial charge is 0.328 e. The second-order valence-corrected chi connectivity index (χ2v) is 2.62. The molecular weight excluding hydrogens is 208 g/mol. The highest BCUT2D eigenvalue weighted by Crippen LogP contribution is 2.13. The Morgan fingerprint density at radius 2 is 2.00 bits per heavy atom. The van der Waals surface area contributed by atoms with Crippen molar-refractivity contribution < 1.29 is 0 Å². The van der Waals surface area contributed by atoms with Crippen molar-refractivity contribution in [1.82, 2.24) is 19.9 Å². The van der Waals surface area contributed by atoms with Crippen LogP contribution in [-0.4, -0.2) is 19.9 Å². The molecule has 0 saturated carbocycles. The first-order chi connectivity index (χ1) is 7.83. The summed E-state index contributed by atoms with van der Waals surface area (Å²) >= 11 is 0. The lowest BCUT2D eigenvalue weighted by Gasteiger charge is -1.81. The predicted molar refractivity (Wildman–Crippen MR) is 50.8 cm³/mol. The maximum Gasteiger partial charge on any atom is 0.249 e. The van der Waals surface area contributed by atoms with Gasteiger partial charge in [-0.25, -0.2) is 4.98 Å². The predicted octanol–water partition coefficient (Wildman–Crippen LogP) is 1.29. The van der Waals surface area contributed by atoms with Crippen LogP contribution in [0.5, 0.6) is 0 Å². The Hall–Kier alpha value is -3.00. The van der Waals surface area contributed by atoms with Crippen molar-refractivity contribution in [2.45, 2.75) is 0 Å². The number of H-pyrrole nitrogens is 2. The zero-order valence-electron chi connectivity index (χ0n) is 7.84. The lowest BCUT2D eigenvalue weighted by atomic mass is 10.4. The molecule has 0 bridgehead atoms. The van der Waals surface area contributed by atoms with Gasteiger partial charge in [-0.3, -0.25) is 0 Å². The molecule has 16 heavy (non-hydrogen) atoms. The number of azo groups is 1. The average molecular weight is 212 g/mol. The number of rotatable bonds is 2. The summed E-state index contributed by atoms with van der Waals surface area (Å²) < 4.78 is 0. The van der Waals surface area contributed by atoms with Crippen LogP contribution in [0, 0.1) is 22.7 Å². The summed E-state index contributed by atoms with van der Waals surface area (Å²) in [6.45, 7) is 0. The van der Waals surface area contributed by atoms with E-state index in [4.69, 9.17) is 10.5 Å². The minimum absolute atomic E-state index is 0.00380. The fourth-order valence-electron chi connectivity index (χ4n) is 0.976. The molecule has 2 aromatic rings. The van der Waals surface area contributed by atoms with Crippen LogP contribution in [0.2, 0.25) is 0 Å². The van der Waals surface area contributed by atoms with E-state index in [0.717, 1.165) is 0 Å². The third-order valence-corrected chi connectivity index (χ3v) is 1.63. The molecule has 0 aliphatic carbocycles. The number of aromatic amines is 2. The SMILES string of the molecule is N#Cc1nc(/N=N/c2ncc[nH]2)[nH]c1C#N. The Labute approximate surface area is 89.3 Å². The molecule has 2 aromatic heterocycles. The first-order valence-electron chi connectivity index (χ1n) is 4.15. The summed E-state index contributed by atoms with van der Waals surface area (Å²) in [6, 6.07) is 3.56. The molecule has 0 radical (unpaired) electrons. The first kappa shape index (κ1) is 9.55. The second kappa shape index (κ2) is 4.02. The molecular formula is C8H4N8. The summed E-state index contributed by atoms with van der Waals surface area (Å²) in [5.74, 6) is 0.401. The van der Waals surface area contributed by atoms with Gasteiger partial charge >= 0.3 is 0 Å². The Bertz CT molecular complexity index is 560. The van der Waals surface area contributed by atoms with E-state index in [1.807, 2.05) is 0 Å². The van der Waals surface area contributed by atoms with Crippen LogP contribution >= 0.6 is 0 Å². The molecule has 2 heterocycles. The van der Waals surface area contributed by atoms with Gasteiger partial charge in [-0.2, -0.15) is 15.5 Å². The van der Waals surface area contributed by atoms with Crippen LogP contribution in [0.25, 0.3) is 0 Å². The molecule has 2 N–H and O–H groups in total. The number of nitriles is 2. The van der Waals surface area contributed by atoms with Gasteiger partial charge in [-0.1, -0.05) is 0 Å². The molecule has 76 valence electrons. The molecule has 8 heteroatoms. The van der Waals surface area contributed by atoms with E-state index >= 15 is 0 Å². The van der Waals surface area contributed by atoms with Gasteiger partial charge in [0, 0.05) is 12.4 Å². The van der Waals surface area contributed by atoms with Crippen molar-refractivity contribution in [3.63, 3.8) is 0 Å². The third-order valence-electron chi connectivity index (χ3n) is 1.63. The minimum Gasteiger partial charge on any atom is -0.328 e. The highest BCUT2D eigenvalue weighted by atomic mass is 15.3. The molecule has 0 spiro atoms. The topological polar surface area (TPSA) is 130 Å². The normalized spacial score (nSPS) is 10.1. The van der Waals surface area contributed by atoms with Crippen molar-refractivity contribution in [1.29, 1.82) is 10.5 Å². The summed E-state index contributed by atoms with van der Waals surface area (Å²) in [6.07, 6.45) is 3.12. The van der Waals surface area contributed by atoms with E-state index in [1.165, 1.54) is 6.20 Å². The fraction of sp³-hybridized carbons (Fsp3) is 0. The number of hydrogen-bond donors (Lipinski definition) is 2. The van der Waals surface area contributed by atoms with Crippen LogP contribution in [0.1, 0.15) is 11.4 Å². The monoisotopic (exact) mass is 212 g/mol. The molecule has 0 aliphatic heterocycles. The lowest BCUT2D eigenvalue weighted by Crippen LogP contribution is -1.77. The number of aromatic nitrogens is 4. The Morgan fingerprint density at radius 1 is 1.19 bits per heavy atom.